The summed E-state index contributed by atoms with van der Waals surface area (Å²) in [6.07, 6.45) is 1.54. The molecule has 18 heavy (non-hydrogen) atoms. The molecular formula is C12H17BrFNO2S. The molecule has 0 aromatic heterocycles. The third-order valence-corrected chi connectivity index (χ3v) is 4.24. The molecule has 0 fully saturated rings. The van der Waals surface area contributed by atoms with Gasteiger partial charge in [0.1, 0.15) is 15.7 Å². The highest BCUT2D eigenvalue weighted by molar-refractivity contribution is 9.10. The van der Waals surface area contributed by atoms with Crippen LogP contribution in [0.15, 0.2) is 22.7 Å². The van der Waals surface area contributed by atoms with Crippen LogP contribution in [0.4, 0.5) is 4.39 Å². The largest absolute Gasteiger partial charge is 0.310 e. The number of sulfone groups is 1. The second-order valence-electron chi connectivity index (χ2n) is 4.16. The highest BCUT2D eigenvalue weighted by atomic mass is 79.9. The molecule has 1 N–H and O–H groups in total. The van der Waals surface area contributed by atoms with E-state index in [2.05, 4.69) is 21.2 Å². The van der Waals surface area contributed by atoms with Gasteiger partial charge in [0.2, 0.25) is 0 Å². The van der Waals surface area contributed by atoms with E-state index in [0.717, 1.165) is 0 Å². The average molecular weight is 338 g/mol. The average Bonchev–Trinajstić information content (AvgIpc) is 2.24. The molecule has 0 saturated carbocycles. The predicted molar refractivity (Wildman–Crippen MR) is 74.8 cm³/mol. The van der Waals surface area contributed by atoms with Gasteiger partial charge >= 0.3 is 0 Å². The maximum atomic E-state index is 13.8. The van der Waals surface area contributed by atoms with Gasteiger partial charge in [-0.15, -0.1) is 0 Å². The molecule has 1 aromatic rings. The smallest absolute Gasteiger partial charge is 0.147 e. The molecule has 0 aliphatic heterocycles. The highest BCUT2D eigenvalue weighted by Gasteiger charge is 2.19. The molecule has 102 valence electrons. The lowest BCUT2D eigenvalue weighted by Crippen LogP contribution is -2.24. The Morgan fingerprint density at radius 3 is 2.61 bits per heavy atom. The van der Waals surface area contributed by atoms with Crippen LogP contribution in [-0.2, 0) is 9.84 Å². The zero-order valence-corrected chi connectivity index (χ0v) is 12.8. The van der Waals surface area contributed by atoms with Crippen molar-refractivity contribution >= 4 is 25.8 Å². The maximum absolute atomic E-state index is 13.8. The van der Waals surface area contributed by atoms with Gasteiger partial charge in [0.05, 0.1) is 5.75 Å². The van der Waals surface area contributed by atoms with Crippen molar-refractivity contribution in [2.75, 3.05) is 18.6 Å². The highest BCUT2D eigenvalue weighted by Crippen LogP contribution is 2.28. The lowest BCUT2D eigenvalue weighted by Gasteiger charge is -2.20. The van der Waals surface area contributed by atoms with Gasteiger partial charge < -0.3 is 5.32 Å². The second kappa shape index (κ2) is 6.63. The first kappa shape index (κ1) is 15.6. The fourth-order valence-electron chi connectivity index (χ4n) is 1.77. The van der Waals surface area contributed by atoms with Crippen LogP contribution in [0.2, 0.25) is 0 Å². The number of halogens is 2. The first-order chi connectivity index (χ1) is 8.35. The zero-order chi connectivity index (χ0) is 13.8. The summed E-state index contributed by atoms with van der Waals surface area (Å²) in [5.41, 5.74) is 0.489. The van der Waals surface area contributed by atoms with Crippen molar-refractivity contribution in [2.45, 2.75) is 19.4 Å². The second-order valence-corrected chi connectivity index (χ2v) is 7.28. The van der Waals surface area contributed by atoms with Crippen molar-refractivity contribution < 1.29 is 12.8 Å². The van der Waals surface area contributed by atoms with Crippen LogP contribution >= 0.6 is 15.9 Å². The van der Waals surface area contributed by atoms with Crippen LogP contribution in [-0.4, -0.2) is 27.0 Å². The summed E-state index contributed by atoms with van der Waals surface area (Å²) in [5, 5.41) is 3.12. The molecule has 3 nitrogen and oxygen atoms in total. The summed E-state index contributed by atoms with van der Waals surface area (Å²) in [6.45, 7) is 2.55. The van der Waals surface area contributed by atoms with Crippen LogP contribution in [0.3, 0.4) is 0 Å². The quantitative estimate of drug-likeness (QED) is 0.867. The Hall–Kier alpha value is -0.460. The van der Waals surface area contributed by atoms with Crippen molar-refractivity contribution in [3.8, 4) is 0 Å². The van der Waals surface area contributed by atoms with Gasteiger partial charge in [-0.3, -0.25) is 0 Å². The first-order valence-corrected chi connectivity index (χ1v) is 8.55. The lowest BCUT2D eigenvalue weighted by molar-refractivity contribution is 0.496. The molecule has 0 amide bonds. The van der Waals surface area contributed by atoms with Gasteiger partial charge in [-0.05, 0) is 25.1 Å². The van der Waals surface area contributed by atoms with E-state index < -0.39 is 9.84 Å². The Bertz CT molecular complexity index is 485. The fraction of sp³-hybridized carbons (Fsp3) is 0.500. The first-order valence-electron chi connectivity index (χ1n) is 5.70. The Balaban J connectivity index is 2.97. The third kappa shape index (κ3) is 4.66. The normalized spacial score (nSPS) is 13.6. The number of hydrogen-bond acceptors (Lipinski definition) is 3. The molecule has 1 unspecified atom stereocenters. The summed E-state index contributed by atoms with van der Waals surface area (Å²) in [5.74, 6) is -0.297. The van der Waals surface area contributed by atoms with E-state index in [4.69, 9.17) is 0 Å². The van der Waals surface area contributed by atoms with Crippen molar-refractivity contribution in [3.63, 3.8) is 0 Å². The molecule has 1 rings (SSSR count). The molecule has 0 aliphatic carbocycles. The molecule has 0 heterocycles. The Kier molecular flexibility index (Phi) is 5.75. The van der Waals surface area contributed by atoms with Crippen molar-refractivity contribution in [1.29, 1.82) is 0 Å². The van der Waals surface area contributed by atoms with E-state index in [1.807, 2.05) is 6.92 Å². The molecule has 0 bridgehead atoms. The van der Waals surface area contributed by atoms with E-state index >= 15 is 0 Å². The van der Waals surface area contributed by atoms with E-state index in [-0.39, 0.29) is 17.6 Å². The van der Waals surface area contributed by atoms with Crippen LogP contribution in [0.1, 0.15) is 24.9 Å². The van der Waals surface area contributed by atoms with Crippen LogP contribution in [0.5, 0.6) is 0 Å². The Morgan fingerprint density at radius 2 is 2.11 bits per heavy atom. The molecule has 1 atom stereocenters. The zero-order valence-electron chi connectivity index (χ0n) is 10.4. The fourth-order valence-corrected chi connectivity index (χ4v) is 3.05. The van der Waals surface area contributed by atoms with Crippen molar-refractivity contribution in [3.05, 3.63) is 34.1 Å². The maximum Gasteiger partial charge on any atom is 0.147 e. The van der Waals surface area contributed by atoms with E-state index in [1.165, 1.54) is 12.3 Å². The molecule has 0 radical (unpaired) electrons. The molecule has 0 spiro atoms. The SMILES string of the molecule is CCNC(CCS(C)(=O)=O)c1c(F)cccc1Br. The molecule has 0 aliphatic rings. The van der Waals surface area contributed by atoms with Crippen LogP contribution in [0.25, 0.3) is 0 Å². The van der Waals surface area contributed by atoms with E-state index in [0.29, 0.717) is 23.0 Å². The number of nitrogens with one attached hydrogen (secondary N) is 1. The Labute approximate surface area is 116 Å². The lowest BCUT2D eigenvalue weighted by atomic mass is 10.0. The number of hydrogen-bond donors (Lipinski definition) is 1. The van der Waals surface area contributed by atoms with Gasteiger partial charge in [-0.25, -0.2) is 12.8 Å². The molecule has 0 saturated heterocycles. The van der Waals surface area contributed by atoms with E-state index in [9.17, 15) is 12.8 Å². The van der Waals surface area contributed by atoms with Crippen LogP contribution in [0, 0.1) is 5.82 Å². The summed E-state index contributed by atoms with van der Waals surface area (Å²) in [7, 11) is -3.05. The monoisotopic (exact) mass is 337 g/mol. The van der Waals surface area contributed by atoms with Crippen molar-refractivity contribution in [1.82, 2.24) is 5.32 Å². The predicted octanol–water partition coefficient (Wildman–Crippen LogP) is 2.67. The topological polar surface area (TPSA) is 46.2 Å². The Morgan fingerprint density at radius 1 is 1.44 bits per heavy atom. The van der Waals surface area contributed by atoms with Crippen LogP contribution < -0.4 is 5.32 Å². The summed E-state index contributed by atoms with van der Waals surface area (Å²) in [6, 6.07) is 4.44. The van der Waals surface area contributed by atoms with Gasteiger partial charge in [0.15, 0.2) is 0 Å². The minimum Gasteiger partial charge on any atom is -0.310 e. The van der Waals surface area contributed by atoms with Gasteiger partial charge in [-0.2, -0.15) is 0 Å². The molecule has 1 aromatic carbocycles. The number of benzene rings is 1. The van der Waals surface area contributed by atoms with Gasteiger partial charge in [-0.1, -0.05) is 28.9 Å². The summed E-state index contributed by atoms with van der Waals surface area (Å²) < 4.78 is 36.9. The molecule has 6 heteroatoms. The number of rotatable bonds is 6. The van der Waals surface area contributed by atoms with Gasteiger partial charge in [0.25, 0.3) is 0 Å². The minimum absolute atomic E-state index is 0.0332. The summed E-state index contributed by atoms with van der Waals surface area (Å²) >= 11 is 3.31. The summed E-state index contributed by atoms with van der Waals surface area (Å²) in [4.78, 5) is 0. The third-order valence-electron chi connectivity index (χ3n) is 2.58. The minimum atomic E-state index is -3.05. The standard InChI is InChI=1S/C12H17BrFNO2S/c1-3-15-11(7-8-18(2,16)17)12-9(13)5-4-6-10(12)14/h4-6,11,15H,3,7-8H2,1-2H3. The molecular weight excluding hydrogens is 321 g/mol. The van der Waals surface area contributed by atoms with Crippen molar-refractivity contribution in [2.24, 2.45) is 0 Å². The van der Waals surface area contributed by atoms with E-state index in [1.54, 1.807) is 12.1 Å². The van der Waals surface area contributed by atoms with Gasteiger partial charge in [0, 0.05) is 22.3 Å².